The predicted molar refractivity (Wildman–Crippen MR) is 81.1 cm³/mol. The summed E-state index contributed by atoms with van der Waals surface area (Å²) >= 11 is 0. The Morgan fingerprint density at radius 2 is 1.71 bits per heavy atom. The fraction of sp³-hybridized carbons (Fsp3) is 0.875. The van der Waals surface area contributed by atoms with E-state index in [2.05, 4.69) is 11.8 Å². The van der Waals surface area contributed by atoms with Gasteiger partial charge in [-0.1, -0.05) is 26.2 Å². The number of likely N-dealkylation sites (N-methyl/N-ethyl adjacent to an activating group) is 1. The molecule has 0 unspecified atom stereocenters. The molecule has 0 aromatic carbocycles. The van der Waals surface area contributed by atoms with Gasteiger partial charge in [0.2, 0.25) is 5.91 Å². The number of nitrogens with zero attached hydrogens (tertiary/aromatic N) is 2. The van der Waals surface area contributed by atoms with Gasteiger partial charge in [-0.2, -0.15) is 0 Å². The van der Waals surface area contributed by atoms with Crippen molar-refractivity contribution in [3.8, 4) is 0 Å². The van der Waals surface area contributed by atoms with Gasteiger partial charge in [0, 0.05) is 19.1 Å². The standard InChI is InChI=1S/C16H28N2O3/c1-2-17(14-6-4-3-5-7-14)12-15(19)18-10-8-13(9-11-18)16(20)21/h13-14H,2-12H2,1H3,(H,20,21). The molecule has 5 nitrogen and oxygen atoms in total. The van der Waals surface area contributed by atoms with Crippen molar-refractivity contribution in [3.05, 3.63) is 0 Å². The number of rotatable bonds is 5. The third-order valence-electron chi connectivity index (χ3n) is 5.03. The lowest BCUT2D eigenvalue weighted by molar-refractivity contribution is -0.146. The molecule has 2 aliphatic rings. The Balaban J connectivity index is 1.81. The summed E-state index contributed by atoms with van der Waals surface area (Å²) in [4.78, 5) is 27.5. The van der Waals surface area contributed by atoms with E-state index < -0.39 is 5.97 Å². The molecule has 0 aromatic rings. The summed E-state index contributed by atoms with van der Waals surface area (Å²) in [5.41, 5.74) is 0. The molecule has 2 rings (SSSR count). The van der Waals surface area contributed by atoms with Crippen molar-refractivity contribution < 1.29 is 14.7 Å². The van der Waals surface area contributed by atoms with Crippen molar-refractivity contribution in [2.45, 2.75) is 57.9 Å². The number of piperidine rings is 1. The van der Waals surface area contributed by atoms with Crippen LogP contribution in [0.25, 0.3) is 0 Å². The van der Waals surface area contributed by atoms with Crippen LogP contribution in [0, 0.1) is 5.92 Å². The van der Waals surface area contributed by atoms with Crippen LogP contribution in [0.3, 0.4) is 0 Å². The lowest BCUT2D eigenvalue weighted by atomic mass is 9.94. The SMILES string of the molecule is CCN(CC(=O)N1CCC(C(=O)O)CC1)C1CCCCC1. The highest BCUT2D eigenvalue weighted by Crippen LogP contribution is 2.23. The van der Waals surface area contributed by atoms with Crippen LogP contribution in [0.15, 0.2) is 0 Å². The first-order valence-corrected chi connectivity index (χ1v) is 8.36. The Labute approximate surface area is 127 Å². The summed E-state index contributed by atoms with van der Waals surface area (Å²) in [7, 11) is 0. The Hall–Kier alpha value is -1.10. The molecule has 5 heteroatoms. The van der Waals surface area contributed by atoms with Gasteiger partial charge in [0.15, 0.2) is 0 Å². The van der Waals surface area contributed by atoms with E-state index in [4.69, 9.17) is 5.11 Å². The Morgan fingerprint density at radius 3 is 2.24 bits per heavy atom. The highest BCUT2D eigenvalue weighted by Gasteiger charge is 2.29. The average molecular weight is 296 g/mol. The summed E-state index contributed by atoms with van der Waals surface area (Å²) in [6.45, 7) is 4.73. The van der Waals surface area contributed by atoms with Crippen molar-refractivity contribution >= 4 is 11.9 Å². The zero-order valence-corrected chi connectivity index (χ0v) is 13.1. The Kier molecular flexibility index (Phi) is 6.03. The zero-order chi connectivity index (χ0) is 15.2. The molecule has 0 bridgehead atoms. The zero-order valence-electron chi connectivity index (χ0n) is 13.1. The molecule has 1 N–H and O–H groups in total. The lowest BCUT2D eigenvalue weighted by Gasteiger charge is -2.36. The van der Waals surface area contributed by atoms with Crippen molar-refractivity contribution in [2.24, 2.45) is 5.92 Å². The molecule has 2 fully saturated rings. The molecule has 1 aliphatic heterocycles. The van der Waals surface area contributed by atoms with E-state index in [-0.39, 0.29) is 11.8 Å². The van der Waals surface area contributed by atoms with Crippen LogP contribution in [0.2, 0.25) is 0 Å². The van der Waals surface area contributed by atoms with Gasteiger partial charge in [0.1, 0.15) is 0 Å². The number of carbonyl (C=O) groups excluding carboxylic acids is 1. The van der Waals surface area contributed by atoms with Gasteiger partial charge in [0.05, 0.1) is 12.5 Å². The van der Waals surface area contributed by atoms with Crippen LogP contribution >= 0.6 is 0 Å². The first kappa shape index (κ1) is 16.3. The highest BCUT2D eigenvalue weighted by molar-refractivity contribution is 5.79. The van der Waals surface area contributed by atoms with E-state index in [0.717, 1.165) is 6.54 Å². The fourth-order valence-corrected chi connectivity index (χ4v) is 3.59. The second-order valence-electron chi connectivity index (χ2n) is 6.35. The number of aliphatic carboxylic acids is 1. The van der Waals surface area contributed by atoms with E-state index in [1.54, 1.807) is 0 Å². The summed E-state index contributed by atoms with van der Waals surface area (Å²) in [5, 5.41) is 9.01. The van der Waals surface area contributed by atoms with Gasteiger partial charge in [0.25, 0.3) is 0 Å². The van der Waals surface area contributed by atoms with Gasteiger partial charge in [-0.05, 0) is 32.2 Å². The number of carboxylic acids is 1. The minimum Gasteiger partial charge on any atom is -0.481 e. The lowest BCUT2D eigenvalue weighted by Crippen LogP contribution is -2.47. The first-order chi connectivity index (χ1) is 10.1. The maximum atomic E-state index is 12.4. The number of carboxylic acid groups (broad SMARTS) is 1. The molecule has 0 spiro atoms. The molecule has 1 aliphatic carbocycles. The quantitative estimate of drug-likeness (QED) is 0.842. The van der Waals surface area contributed by atoms with Gasteiger partial charge < -0.3 is 10.0 Å². The normalized spacial score (nSPS) is 21.7. The molecule has 1 saturated heterocycles. The minimum absolute atomic E-state index is 0.172. The summed E-state index contributed by atoms with van der Waals surface area (Å²) in [6, 6.07) is 0.559. The van der Waals surface area contributed by atoms with E-state index in [0.29, 0.717) is 38.5 Å². The van der Waals surface area contributed by atoms with E-state index >= 15 is 0 Å². The second kappa shape index (κ2) is 7.78. The monoisotopic (exact) mass is 296 g/mol. The molecular formula is C16H28N2O3. The number of likely N-dealkylation sites (tertiary alicyclic amines) is 1. The van der Waals surface area contributed by atoms with Crippen molar-refractivity contribution in [3.63, 3.8) is 0 Å². The maximum absolute atomic E-state index is 12.4. The van der Waals surface area contributed by atoms with Crippen molar-refractivity contribution in [1.29, 1.82) is 0 Å². The molecule has 1 heterocycles. The van der Waals surface area contributed by atoms with Crippen molar-refractivity contribution in [2.75, 3.05) is 26.2 Å². The van der Waals surface area contributed by atoms with Crippen LogP contribution in [0.1, 0.15) is 51.9 Å². The van der Waals surface area contributed by atoms with E-state index in [9.17, 15) is 9.59 Å². The van der Waals surface area contributed by atoms with Gasteiger partial charge in [-0.3, -0.25) is 14.5 Å². The molecule has 1 saturated carbocycles. The van der Waals surface area contributed by atoms with E-state index in [1.807, 2.05) is 4.90 Å². The topological polar surface area (TPSA) is 60.9 Å². The van der Waals surface area contributed by atoms with Gasteiger partial charge in [-0.15, -0.1) is 0 Å². The number of amides is 1. The third kappa shape index (κ3) is 4.43. The van der Waals surface area contributed by atoms with Crippen LogP contribution < -0.4 is 0 Å². The third-order valence-corrected chi connectivity index (χ3v) is 5.03. The number of carbonyl (C=O) groups is 2. The van der Waals surface area contributed by atoms with Crippen LogP contribution in [-0.4, -0.2) is 59.0 Å². The largest absolute Gasteiger partial charge is 0.481 e. The van der Waals surface area contributed by atoms with E-state index in [1.165, 1.54) is 32.1 Å². The van der Waals surface area contributed by atoms with Crippen LogP contribution in [-0.2, 0) is 9.59 Å². The predicted octanol–water partition coefficient (Wildman–Crippen LogP) is 1.96. The molecule has 120 valence electrons. The van der Waals surface area contributed by atoms with Crippen molar-refractivity contribution in [1.82, 2.24) is 9.80 Å². The minimum atomic E-state index is -0.723. The molecular weight excluding hydrogens is 268 g/mol. The fourth-order valence-electron chi connectivity index (χ4n) is 3.59. The van der Waals surface area contributed by atoms with Gasteiger partial charge in [-0.25, -0.2) is 0 Å². The summed E-state index contributed by atoms with van der Waals surface area (Å²) in [6.07, 6.45) is 7.49. The molecule has 21 heavy (non-hydrogen) atoms. The number of hydrogen-bond donors (Lipinski definition) is 1. The van der Waals surface area contributed by atoms with Crippen LogP contribution in [0.5, 0.6) is 0 Å². The van der Waals surface area contributed by atoms with Crippen LogP contribution in [0.4, 0.5) is 0 Å². The average Bonchev–Trinajstić information content (AvgIpc) is 2.53. The molecule has 0 radical (unpaired) electrons. The number of hydrogen-bond acceptors (Lipinski definition) is 3. The second-order valence-corrected chi connectivity index (χ2v) is 6.35. The van der Waals surface area contributed by atoms with Gasteiger partial charge >= 0.3 is 5.97 Å². The molecule has 0 atom stereocenters. The summed E-state index contributed by atoms with van der Waals surface area (Å²) in [5.74, 6) is -0.819. The first-order valence-electron chi connectivity index (χ1n) is 8.36. The molecule has 0 aromatic heterocycles. The highest BCUT2D eigenvalue weighted by atomic mass is 16.4. The smallest absolute Gasteiger partial charge is 0.306 e. The maximum Gasteiger partial charge on any atom is 0.306 e. The Bertz CT molecular complexity index is 359. The Morgan fingerprint density at radius 1 is 1.10 bits per heavy atom. The summed E-state index contributed by atoms with van der Waals surface area (Å²) < 4.78 is 0. The molecule has 1 amide bonds.